The molecule has 1 rings (SSSR count). The van der Waals surface area contributed by atoms with Crippen LogP contribution in [0.1, 0.15) is 13.3 Å². The van der Waals surface area contributed by atoms with Crippen LogP contribution in [0.5, 0.6) is 0 Å². The number of aliphatic hydroxyl groups excluding tert-OH is 2. The van der Waals surface area contributed by atoms with E-state index in [0.717, 1.165) is 0 Å². The van der Waals surface area contributed by atoms with Crippen molar-refractivity contribution in [3.8, 4) is 0 Å². The Morgan fingerprint density at radius 1 is 1.45 bits per heavy atom. The fourth-order valence-electron chi connectivity index (χ4n) is 1.15. The maximum atomic E-state index is 9.98. The molecule has 1 aliphatic heterocycles. The van der Waals surface area contributed by atoms with Crippen LogP contribution in [-0.2, 0) is 4.74 Å². The van der Waals surface area contributed by atoms with Gasteiger partial charge in [-0.05, 0) is 11.6 Å². The highest BCUT2D eigenvalue weighted by molar-refractivity contribution is 4.88. The highest BCUT2D eigenvalue weighted by Crippen LogP contribution is 2.23. The lowest BCUT2D eigenvalue weighted by Gasteiger charge is -2.10. The third kappa shape index (κ3) is 1.40. The Morgan fingerprint density at radius 3 is 2.36 bits per heavy atom. The van der Waals surface area contributed by atoms with E-state index in [1.807, 2.05) is 0 Å². The summed E-state index contributed by atoms with van der Waals surface area (Å²) < 4.78 is 4.91. The lowest BCUT2D eigenvalue weighted by atomic mass is 10.1. The molecule has 0 aliphatic carbocycles. The quantitative estimate of drug-likeness (QED) is 0.540. The Morgan fingerprint density at radius 2 is 2.09 bits per heavy atom. The SMILES string of the molecule is CCC1OC(N=O)C(O)C1O. The Balaban J connectivity index is 2.60. The zero-order chi connectivity index (χ0) is 8.43. The summed E-state index contributed by atoms with van der Waals surface area (Å²) in [6.07, 6.45) is -3.16. The lowest BCUT2D eigenvalue weighted by Crippen LogP contribution is -2.31. The molecule has 0 spiro atoms. The van der Waals surface area contributed by atoms with Gasteiger partial charge in [0.1, 0.15) is 12.2 Å². The number of rotatable bonds is 2. The highest BCUT2D eigenvalue weighted by atomic mass is 16.6. The van der Waals surface area contributed by atoms with E-state index < -0.39 is 24.5 Å². The summed E-state index contributed by atoms with van der Waals surface area (Å²) >= 11 is 0. The monoisotopic (exact) mass is 161 g/mol. The number of ether oxygens (including phenoxy) is 1. The van der Waals surface area contributed by atoms with Crippen molar-refractivity contribution < 1.29 is 14.9 Å². The molecule has 4 unspecified atom stereocenters. The Labute approximate surface area is 64.0 Å². The molecule has 1 fully saturated rings. The van der Waals surface area contributed by atoms with Crippen LogP contribution in [0.2, 0.25) is 0 Å². The first kappa shape index (κ1) is 8.58. The van der Waals surface area contributed by atoms with Crippen molar-refractivity contribution in [3.05, 3.63) is 4.91 Å². The van der Waals surface area contributed by atoms with E-state index in [2.05, 4.69) is 5.18 Å². The molecule has 2 N–H and O–H groups in total. The normalized spacial score (nSPS) is 44.3. The summed E-state index contributed by atoms with van der Waals surface area (Å²) in [5.74, 6) is 0. The molecule has 0 aromatic heterocycles. The number of nitroso groups, excluding NO2 is 1. The van der Waals surface area contributed by atoms with Gasteiger partial charge in [-0.25, -0.2) is 0 Å². The fraction of sp³-hybridized carbons (Fsp3) is 1.00. The van der Waals surface area contributed by atoms with Gasteiger partial charge in [-0.15, -0.1) is 4.91 Å². The molecule has 1 heterocycles. The van der Waals surface area contributed by atoms with Gasteiger partial charge >= 0.3 is 0 Å². The van der Waals surface area contributed by atoms with Crippen molar-refractivity contribution in [2.45, 2.75) is 37.9 Å². The molecule has 1 saturated heterocycles. The van der Waals surface area contributed by atoms with Crippen LogP contribution in [0.3, 0.4) is 0 Å². The molecule has 0 saturated carbocycles. The molecular formula is C6H11NO4. The maximum absolute atomic E-state index is 9.98. The summed E-state index contributed by atoms with van der Waals surface area (Å²) in [4.78, 5) is 9.98. The van der Waals surface area contributed by atoms with E-state index in [0.29, 0.717) is 6.42 Å². The molecule has 5 heteroatoms. The van der Waals surface area contributed by atoms with Gasteiger partial charge < -0.3 is 14.9 Å². The first-order valence-corrected chi connectivity index (χ1v) is 3.54. The van der Waals surface area contributed by atoms with E-state index in [9.17, 15) is 10.0 Å². The maximum Gasteiger partial charge on any atom is 0.218 e. The van der Waals surface area contributed by atoms with E-state index in [4.69, 9.17) is 9.84 Å². The summed E-state index contributed by atoms with van der Waals surface area (Å²) in [7, 11) is 0. The van der Waals surface area contributed by atoms with Crippen LogP contribution in [0.25, 0.3) is 0 Å². The smallest absolute Gasteiger partial charge is 0.218 e. The molecule has 1 aliphatic rings. The summed E-state index contributed by atoms with van der Waals surface area (Å²) in [6.45, 7) is 1.80. The van der Waals surface area contributed by atoms with Crippen LogP contribution < -0.4 is 0 Å². The summed E-state index contributed by atoms with van der Waals surface area (Å²) in [5.41, 5.74) is 0. The largest absolute Gasteiger partial charge is 0.388 e. The van der Waals surface area contributed by atoms with Gasteiger partial charge in [-0.2, -0.15) is 0 Å². The zero-order valence-electron chi connectivity index (χ0n) is 6.17. The molecule has 4 atom stereocenters. The van der Waals surface area contributed by atoms with Crippen molar-refractivity contribution in [1.29, 1.82) is 0 Å². The number of nitrogens with zero attached hydrogens (tertiary/aromatic N) is 1. The molecular weight excluding hydrogens is 150 g/mol. The van der Waals surface area contributed by atoms with Gasteiger partial charge in [0.25, 0.3) is 0 Å². The first-order valence-electron chi connectivity index (χ1n) is 3.54. The van der Waals surface area contributed by atoms with Crippen molar-refractivity contribution in [2.75, 3.05) is 0 Å². The molecule has 0 radical (unpaired) electrons. The zero-order valence-corrected chi connectivity index (χ0v) is 6.17. The third-order valence-electron chi connectivity index (χ3n) is 1.84. The first-order chi connectivity index (χ1) is 5.20. The van der Waals surface area contributed by atoms with Gasteiger partial charge in [0.05, 0.1) is 6.10 Å². The molecule has 0 aromatic carbocycles. The third-order valence-corrected chi connectivity index (χ3v) is 1.84. The van der Waals surface area contributed by atoms with Gasteiger partial charge in [0.15, 0.2) is 0 Å². The second-order valence-corrected chi connectivity index (χ2v) is 2.56. The summed E-state index contributed by atoms with van der Waals surface area (Å²) in [6, 6.07) is 0. The van der Waals surface area contributed by atoms with E-state index in [1.165, 1.54) is 0 Å². The number of hydrogen-bond acceptors (Lipinski definition) is 5. The molecule has 5 nitrogen and oxygen atoms in total. The van der Waals surface area contributed by atoms with E-state index in [1.54, 1.807) is 6.92 Å². The molecule has 11 heavy (non-hydrogen) atoms. The Kier molecular flexibility index (Phi) is 2.53. The minimum Gasteiger partial charge on any atom is -0.388 e. The average Bonchev–Trinajstić information content (AvgIpc) is 2.30. The average molecular weight is 161 g/mol. The van der Waals surface area contributed by atoms with Crippen LogP contribution in [-0.4, -0.2) is 34.8 Å². The molecule has 0 amide bonds. The Bertz CT molecular complexity index is 152. The van der Waals surface area contributed by atoms with Gasteiger partial charge in [0.2, 0.25) is 6.23 Å². The Hall–Kier alpha value is -0.520. The van der Waals surface area contributed by atoms with Crippen LogP contribution in [0, 0.1) is 4.91 Å². The minimum atomic E-state index is -1.17. The van der Waals surface area contributed by atoms with E-state index in [-0.39, 0.29) is 0 Å². The topological polar surface area (TPSA) is 79.1 Å². The van der Waals surface area contributed by atoms with Crippen LogP contribution in [0.4, 0.5) is 0 Å². The standard InChI is InChI=1S/C6H11NO4/c1-2-3-4(8)5(9)6(7-10)11-3/h3-6,8-9H,2H2,1H3. The number of aliphatic hydroxyl groups is 2. The van der Waals surface area contributed by atoms with Gasteiger partial charge in [-0.3, -0.25) is 0 Å². The molecule has 0 bridgehead atoms. The molecule has 0 aromatic rings. The van der Waals surface area contributed by atoms with Crippen molar-refractivity contribution in [1.82, 2.24) is 0 Å². The minimum absolute atomic E-state index is 0.465. The second kappa shape index (κ2) is 3.25. The van der Waals surface area contributed by atoms with E-state index >= 15 is 0 Å². The van der Waals surface area contributed by atoms with Crippen molar-refractivity contribution in [2.24, 2.45) is 5.18 Å². The van der Waals surface area contributed by atoms with Crippen molar-refractivity contribution >= 4 is 0 Å². The van der Waals surface area contributed by atoms with Gasteiger partial charge in [0, 0.05) is 0 Å². The van der Waals surface area contributed by atoms with Crippen LogP contribution in [0.15, 0.2) is 5.18 Å². The fourth-order valence-corrected chi connectivity index (χ4v) is 1.15. The van der Waals surface area contributed by atoms with Crippen molar-refractivity contribution in [3.63, 3.8) is 0 Å². The number of hydrogen-bond donors (Lipinski definition) is 2. The highest BCUT2D eigenvalue weighted by Gasteiger charge is 2.42. The molecule has 64 valence electrons. The van der Waals surface area contributed by atoms with Gasteiger partial charge in [-0.1, -0.05) is 6.92 Å². The predicted octanol–water partition coefficient (Wildman–Crippen LogP) is -0.391. The van der Waals surface area contributed by atoms with Crippen LogP contribution >= 0.6 is 0 Å². The summed E-state index contributed by atoms with van der Waals surface area (Å²) in [5, 5.41) is 20.8. The second-order valence-electron chi connectivity index (χ2n) is 2.56. The lowest BCUT2D eigenvalue weighted by molar-refractivity contribution is 0.0103. The predicted molar refractivity (Wildman–Crippen MR) is 36.8 cm³/mol.